The lowest BCUT2D eigenvalue weighted by atomic mass is 10.1. The third-order valence-corrected chi connectivity index (χ3v) is 2.28. The van der Waals surface area contributed by atoms with Crippen LogP contribution in [-0.2, 0) is 12.8 Å². The molecule has 15 heavy (non-hydrogen) atoms. The Morgan fingerprint density at radius 2 is 2.13 bits per heavy atom. The zero-order valence-corrected chi connectivity index (χ0v) is 9.37. The van der Waals surface area contributed by atoms with Gasteiger partial charge in [0.15, 0.2) is 0 Å². The van der Waals surface area contributed by atoms with E-state index in [0.717, 1.165) is 5.56 Å². The number of benzene rings is 1. The van der Waals surface area contributed by atoms with Gasteiger partial charge in [-0.3, -0.25) is 0 Å². The fourth-order valence-corrected chi connectivity index (χ4v) is 1.54. The van der Waals surface area contributed by atoms with E-state index in [2.05, 4.69) is 26.1 Å². The van der Waals surface area contributed by atoms with Gasteiger partial charge in [-0.15, -0.1) is 10.2 Å². The molecule has 5 heteroatoms. The molecule has 0 N–H and O–H groups in total. The zero-order valence-electron chi connectivity index (χ0n) is 7.78. The lowest BCUT2D eigenvalue weighted by molar-refractivity contribution is 0.471. The van der Waals surface area contributed by atoms with Gasteiger partial charge in [0.2, 0.25) is 5.89 Å². The quantitative estimate of drug-likeness (QED) is 0.861. The first kappa shape index (κ1) is 10.3. The van der Waals surface area contributed by atoms with Crippen molar-refractivity contribution in [3.63, 3.8) is 0 Å². The molecular weight excluding hydrogens is 263 g/mol. The molecule has 1 heterocycles. The SMILES string of the molecule is Fc1cccc(CCc2nnc(Br)o2)c1. The number of halogens is 2. The number of aryl methyl sites for hydroxylation is 2. The van der Waals surface area contributed by atoms with Gasteiger partial charge in [0, 0.05) is 22.4 Å². The van der Waals surface area contributed by atoms with Crippen LogP contribution in [0.4, 0.5) is 4.39 Å². The van der Waals surface area contributed by atoms with Crippen molar-refractivity contribution in [1.82, 2.24) is 10.2 Å². The molecule has 1 aromatic heterocycles. The molecule has 3 nitrogen and oxygen atoms in total. The second kappa shape index (κ2) is 4.53. The Morgan fingerprint density at radius 3 is 2.80 bits per heavy atom. The van der Waals surface area contributed by atoms with Crippen LogP contribution in [0.3, 0.4) is 0 Å². The van der Waals surface area contributed by atoms with E-state index in [1.807, 2.05) is 6.07 Å². The third-order valence-electron chi connectivity index (χ3n) is 1.96. The molecule has 0 amide bonds. The molecule has 0 radical (unpaired) electrons. The van der Waals surface area contributed by atoms with Crippen LogP contribution in [0.2, 0.25) is 0 Å². The van der Waals surface area contributed by atoms with E-state index in [9.17, 15) is 4.39 Å². The monoisotopic (exact) mass is 270 g/mol. The first-order chi connectivity index (χ1) is 7.24. The van der Waals surface area contributed by atoms with Crippen molar-refractivity contribution in [2.24, 2.45) is 0 Å². The molecule has 1 aromatic carbocycles. The summed E-state index contributed by atoms with van der Waals surface area (Å²) in [6.07, 6.45) is 1.30. The second-order valence-corrected chi connectivity index (χ2v) is 3.76. The van der Waals surface area contributed by atoms with Gasteiger partial charge < -0.3 is 4.42 Å². The standard InChI is InChI=1S/C10H8BrFN2O/c11-10-14-13-9(15-10)5-4-7-2-1-3-8(12)6-7/h1-3,6H,4-5H2. The molecule has 2 rings (SSSR count). The predicted molar refractivity (Wildman–Crippen MR) is 55.8 cm³/mol. The first-order valence-corrected chi connectivity index (χ1v) is 5.25. The number of hydrogen-bond donors (Lipinski definition) is 0. The zero-order chi connectivity index (χ0) is 10.7. The van der Waals surface area contributed by atoms with Gasteiger partial charge in [-0.05, 0) is 24.1 Å². The Bertz CT molecular complexity index is 458. The van der Waals surface area contributed by atoms with Crippen LogP contribution in [-0.4, -0.2) is 10.2 Å². The summed E-state index contributed by atoms with van der Waals surface area (Å²) in [7, 11) is 0. The Hall–Kier alpha value is -1.23. The third kappa shape index (κ3) is 2.86. The lowest BCUT2D eigenvalue weighted by Crippen LogP contribution is -1.92. The minimum absolute atomic E-state index is 0.223. The van der Waals surface area contributed by atoms with Gasteiger partial charge >= 0.3 is 0 Å². The topological polar surface area (TPSA) is 38.9 Å². The lowest BCUT2D eigenvalue weighted by Gasteiger charge is -1.97. The van der Waals surface area contributed by atoms with Gasteiger partial charge in [0.25, 0.3) is 4.80 Å². The van der Waals surface area contributed by atoms with Crippen molar-refractivity contribution in [1.29, 1.82) is 0 Å². The first-order valence-electron chi connectivity index (χ1n) is 4.46. The molecular formula is C10H8BrFN2O. The fourth-order valence-electron chi connectivity index (χ4n) is 1.28. The van der Waals surface area contributed by atoms with Crippen molar-refractivity contribution in [2.45, 2.75) is 12.8 Å². The van der Waals surface area contributed by atoms with E-state index in [4.69, 9.17) is 4.42 Å². The van der Waals surface area contributed by atoms with Crippen molar-refractivity contribution >= 4 is 15.9 Å². The highest BCUT2D eigenvalue weighted by molar-refractivity contribution is 9.10. The van der Waals surface area contributed by atoms with Crippen molar-refractivity contribution < 1.29 is 8.81 Å². The van der Waals surface area contributed by atoms with Crippen molar-refractivity contribution in [2.75, 3.05) is 0 Å². The summed E-state index contributed by atoms with van der Waals surface area (Å²) in [4.78, 5) is 0.372. The second-order valence-electron chi connectivity index (χ2n) is 3.08. The summed E-state index contributed by atoms with van der Waals surface area (Å²) in [6, 6.07) is 6.49. The Morgan fingerprint density at radius 1 is 1.27 bits per heavy atom. The highest BCUT2D eigenvalue weighted by Gasteiger charge is 2.03. The van der Waals surface area contributed by atoms with E-state index in [0.29, 0.717) is 23.5 Å². The predicted octanol–water partition coefficient (Wildman–Crippen LogP) is 2.76. The van der Waals surface area contributed by atoms with Crippen LogP contribution >= 0.6 is 15.9 Å². The van der Waals surface area contributed by atoms with Crippen LogP contribution in [0.25, 0.3) is 0 Å². The van der Waals surface area contributed by atoms with Gasteiger partial charge in [0.05, 0.1) is 0 Å². The molecule has 2 aromatic rings. The number of nitrogens with zero attached hydrogens (tertiary/aromatic N) is 2. The number of aromatic nitrogens is 2. The summed E-state index contributed by atoms with van der Waals surface area (Å²) in [5, 5.41) is 7.47. The summed E-state index contributed by atoms with van der Waals surface area (Å²) in [5.41, 5.74) is 0.921. The van der Waals surface area contributed by atoms with E-state index in [1.54, 1.807) is 6.07 Å². The summed E-state index contributed by atoms with van der Waals surface area (Å²) < 4.78 is 18.0. The Balaban J connectivity index is 1.99. The molecule has 0 fully saturated rings. The number of hydrogen-bond acceptors (Lipinski definition) is 3. The fraction of sp³-hybridized carbons (Fsp3) is 0.200. The van der Waals surface area contributed by atoms with Gasteiger partial charge in [-0.1, -0.05) is 12.1 Å². The van der Waals surface area contributed by atoms with Gasteiger partial charge in [-0.2, -0.15) is 0 Å². The molecule has 0 atom stereocenters. The van der Waals surface area contributed by atoms with E-state index < -0.39 is 0 Å². The average Bonchev–Trinajstić information content (AvgIpc) is 2.62. The largest absolute Gasteiger partial charge is 0.416 e. The van der Waals surface area contributed by atoms with E-state index in [-0.39, 0.29) is 5.82 Å². The van der Waals surface area contributed by atoms with E-state index in [1.165, 1.54) is 12.1 Å². The highest BCUT2D eigenvalue weighted by atomic mass is 79.9. The van der Waals surface area contributed by atoms with Crippen LogP contribution in [0.5, 0.6) is 0 Å². The molecule has 0 unspecified atom stereocenters. The molecule has 0 aliphatic carbocycles. The number of rotatable bonds is 3. The minimum Gasteiger partial charge on any atom is -0.416 e. The smallest absolute Gasteiger partial charge is 0.284 e. The summed E-state index contributed by atoms with van der Waals surface area (Å²) in [5.74, 6) is 0.324. The van der Waals surface area contributed by atoms with Gasteiger partial charge in [0.1, 0.15) is 5.82 Å². The Kier molecular flexibility index (Phi) is 3.11. The van der Waals surface area contributed by atoms with Crippen LogP contribution < -0.4 is 0 Å². The highest BCUT2D eigenvalue weighted by Crippen LogP contribution is 2.10. The van der Waals surface area contributed by atoms with E-state index >= 15 is 0 Å². The van der Waals surface area contributed by atoms with Crippen LogP contribution in [0.15, 0.2) is 33.5 Å². The maximum Gasteiger partial charge on any atom is 0.284 e. The average molecular weight is 271 g/mol. The summed E-state index contributed by atoms with van der Waals surface area (Å²) in [6.45, 7) is 0. The maximum absolute atomic E-state index is 12.8. The Labute approximate surface area is 94.5 Å². The van der Waals surface area contributed by atoms with Crippen LogP contribution in [0.1, 0.15) is 11.5 Å². The summed E-state index contributed by atoms with van der Waals surface area (Å²) >= 11 is 3.07. The van der Waals surface area contributed by atoms with Crippen molar-refractivity contribution in [3.05, 3.63) is 46.3 Å². The van der Waals surface area contributed by atoms with Gasteiger partial charge in [-0.25, -0.2) is 4.39 Å². The molecule has 0 saturated carbocycles. The molecule has 0 aliphatic rings. The molecule has 0 bridgehead atoms. The molecule has 0 saturated heterocycles. The molecule has 0 spiro atoms. The van der Waals surface area contributed by atoms with Crippen molar-refractivity contribution in [3.8, 4) is 0 Å². The minimum atomic E-state index is -0.223. The maximum atomic E-state index is 12.8. The molecule has 78 valence electrons. The van der Waals surface area contributed by atoms with Crippen LogP contribution in [0, 0.1) is 5.82 Å². The normalized spacial score (nSPS) is 10.5. The molecule has 0 aliphatic heterocycles.